The highest BCUT2D eigenvalue weighted by Crippen LogP contribution is 2.36. The van der Waals surface area contributed by atoms with Gasteiger partial charge in [-0.25, -0.2) is 4.90 Å². The molecule has 0 aliphatic carbocycles. The highest BCUT2D eigenvalue weighted by molar-refractivity contribution is 6.23. The second-order valence-corrected chi connectivity index (χ2v) is 6.91. The zero-order valence-electron chi connectivity index (χ0n) is 16.5. The molecule has 152 valence electrons. The zero-order chi connectivity index (χ0) is 20.3. The first-order valence-corrected chi connectivity index (χ1v) is 9.49. The number of carbonyl (C=O) groups excluding carboxylic acids is 3. The van der Waals surface area contributed by atoms with Gasteiger partial charge in [0, 0.05) is 12.6 Å². The molecule has 8 heteroatoms. The lowest BCUT2D eigenvalue weighted by Crippen LogP contribution is -2.48. The maximum atomic E-state index is 13.1. The number of amides is 2. The number of ether oxygens (including phenoxy) is 3. The molecular weight excluding hydrogens is 364 g/mol. The van der Waals surface area contributed by atoms with E-state index in [0.717, 1.165) is 12.8 Å². The van der Waals surface area contributed by atoms with Crippen molar-refractivity contribution in [3.8, 4) is 11.5 Å². The van der Waals surface area contributed by atoms with E-state index in [4.69, 9.17) is 14.2 Å². The Hall–Kier alpha value is -2.61. The molecule has 0 saturated carbocycles. The Morgan fingerprint density at radius 2 is 2.00 bits per heavy atom. The van der Waals surface area contributed by atoms with E-state index >= 15 is 0 Å². The molecule has 2 saturated heterocycles. The first-order chi connectivity index (χ1) is 13.5. The van der Waals surface area contributed by atoms with Crippen molar-refractivity contribution in [3.63, 3.8) is 0 Å². The molecule has 2 atom stereocenters. The monoisotopic (exact) mass is 390 g/mol. The Balaban J connectivity index is 1.79. The number of hydrogen-bond donors (Lipinski definition) is 0. The van der Waals surface area contributed by atoms with Crippen LogP contribution < -0.4 is 14.4 Å². The van der Waals surface area contributed by atoms with Gasteiger partial charge in [0.1, 0.15) is 11.5 Å². The zero-order valence-corrected chi connectivity index (χ0v) is 16.5. The van der Waals surface area contributed by atoms with E-state index in [2.05, 4.69) is 0 Å². The third-order valence-electron chi connectivity index (χ3n) is 5.26. The lowest BCUT2D eigenvalue weighted by atomic mass is 9.96. The fraction of sp³-hybridized carbons (Fsp3) is 0.550. The van der Waals surface area contributed by atoms with Crippen LogP contribution >= 0.6 is 0 Å². The molecule has 2 amide bonds. The van der Waals surface area contributed by atoms with Gasteiger partial charge in [-0.2, -0.15) is 0 Å². The summed E-state index contributed by atoms with van der Waals surface area (Å²) >= 11 is 0. The first kappa shape index (κ1) is 20.1. The molecule has 8 nitrogen and oxygen atoms in total. The molecule has 28 heavy (non-hydrogen) atoms. The summed E-state index contributed by atoms with van der Waals surface area (Å²) in [6.07, 6.45) is 1.61. The Morgan fingerprint density at radius 3 is 2.68 bits per heavy atom. The Labute approximate surface area is 164 Å². The molecule has 2 aliphatic heterocycles. The topological polar surface area (TPSA) is 85.4 Å². The summed E-state index contributed by atoms with van der Waals surface area (Å²) in [5.41, 5.74) is 0.403. The number of nitrogens with zero attached hydrogens (tertiary/aromatic N) is 2. The van der Waals surface area contributed by atoms with Gasteiger partial charge < -0.3 is 14.2 Å². The number of methoxy groups -OCH3 is 2. The summed E-state index contributed by atoms with van der Waals surface area (Å²) in [6.45, 7) is 3.21. The summed E-state index contributed by atoms with van der Waals surface area (Å²) in [5, 5.41) is 0. The summed E-state index contributed by atoms with van der Waals surface area (Å²) in [4.78, 5) is 41.0. The molecule has 0 radical (unpaired) electrons. The summed E-state index contributed by atoms with van der Waals surface area (Å²) in [5.74, 6) is -0.108. The number of likely N-dealkylation sites (tertiary alicyclic amines) is 1. The van der Waals surface area contributed by atoms with Crippen LogP contribution in [0.2, 0.25) is 0 Å². The highest BCUT2D eigenvalue weighted by atomic mass is 16.5. The minimum absolute atomic E-state index is 0.0869. The van der Waals surface area contributed by atoms with Crippen molar-refractivity contribution in [2.45, 2.75) is 32.2 Å². The number of carbonyl (C=O) groups is 3. The average molecular weight is 390 g/mol. The fourth-order valence-corrected chi connectivity index (χ4v) is 3.87. The molecular formula is C20H26N2O6. The van der Waals surface area contributed by atoms with Gasteiger partial charge >= 0.3 is 5.97 Å². The molecule has 1 aromatic rings. The van der Waals surface area contributed by atoms with Crippen LogP contribution in [0.4, 0.5) is 5.69 Å². The standard InChI is InChI=1S/C20H26N2O6/c1-4-28-20(25)13-6-5-9-21(12-13)16-11-18(23)22(19(16)24)15-8-7-14(26-2)10-17(15)27-3/h7-8,10,13,16H,4-6,9,11-12H2,1-3H3/t13-,16-/m0/s1. The van der Waals surface area contributed by atoms with E-state index in [1.54, 1.807) is 25.1 Å². The molecule has 2 aliphatic rings. The Bertz CT molecular complexity index is 765. The number of benzene rings is 1. The second kappa shape index (κ2) is 8.60. The average Bonchev–Trinajstić information content (AvgIpc) is 3.01. The van der Waals surface area contributed by atoms with Gasteiger partial charge in [-0.1, -0.05) is 0 Å². The van der Waals surface area contributed by atoms with Crippen LogP contribution in [0.25, 0.3) is 0 Å². The normalized spacial score (nSPS) is 23.0. The van der Waals surface area contributed by atoms with Crippen LogP contribution in [0.5, 0.6) is 11.5 Å². The van der Waals surface area contributed by atoms with E-state index in [1.165, 1.54) is 19.1 Å². The van der Waals surface area contributed by atoms with Gasteiger partial charge in [0.2, 0.25) is 5.91 Å². The molecule has 3 rings (SSSR count). The van der Waals surface area contributed by atoms with Crippen molar-refractivity contribution in [2.24, 2.45) is 5.92 Å². The smallest absolute Gasteiger partial charge is 0.310 e. The number of rotatable bonds is 6. The van der Waals surface area contributed by atoms with Crippen LogP contribution in [0.15, 0.2) is 18.2 Å². The maximum absolute atomic E-state index is 13.1. The summed E-state index contributed by atoms with van der Waals surface area (Å²) in [7, 11) is 3.02. The van der Waals surface area contributed by atoms with Crippen molar-refractivity contribution in [3.05, 3.63) is 18.2 Å². The number of piperidine rings is 1. The number of anilines is 1. The predicted octanol–water partition coefficient (Wildman–Crippen LogP) is 1.61. The van der Waals surface area contributed by atoms with Gasteiger partial charge in [-0.05, 0) is 38.4 Å². The van der Waals surface area contributed by atoms with Crippen LogP contribution in [0.3, 0.4) is 0 Å². The van der Waals surface area contributed by atoms with Gasteiger partial charge in [0.15, 0.2) is 0 Å². The maximum Gasteiger partial charge on any atom is 0.310 e. The minimum atomic E-state index is -0.573. The molecule has 2 fully saturated rings. The van der Waals surface area contributed by atoms with E-state index in [9.17, 15) is 14.4 Å². The summed E-state index contributed by atoms with van der Waals surface area (Å²) in [6, 6.07) is 4.40. The van der Waals surface area contributed by atoms with Crippen LogP contribution in [0.1, 0.15) is 26.2 Å². The molecule has 1 aromatic carbocycles. The largest absolute Gasteiger partial charge is 0.497 e. The fourth-order valence-electron chi connectivity index (χ4n) is 3.87. The lowest BCUT2D eigenvalue weighted by molar-refractivity contribution is -0.150. The van der Waals surface area contributed by atoms with E-state index < -0.39 is 6.04 Å². The molecule has 0 N–H and O–H groups in total. The van der Waals surface area contributed by atoms with E-state index in [-0.39, 0.29) is 30.1 Å². The summed E-state index contributed by atoms with van der Waals surface area (Å²) < 4.78 is 15.7. The predicted molar refractivity (Wildman–Crippen MR) is 101 cm³/mol. The van der Waals surface area contributed by atoms with Crippen molar-refractivity contribution in [1.29, 1.82) is 0 Å². The minimum Gasteiger partial charge on any atom is -0.497 e. The van der Waals surface area contributed by atoms with Gasteiger partial charge in [0.25, 0.3) is 5.91 Å². The molecule has 0 spiro atoms. The first-order valence-electron chi connectivity index (χ1n) is 9.49. The number of esters is 1. The second-order valence-electron chi connectivity index (χ2n) is 6.91. The van der Waals surface area contributed by atoms with Crippen molar-refractivity contribution in [1.82, 2.24) is 4.90 Å². The molecule has 0 aromatic heterocycles. The van der Waals surface area contributed by atoms with Crippen molar-refractivity contribution < 1.29 is 28.6 Å². The quantitative estimate of drug-likeness (QED) is 0.539. The van der Waals surface area contributed by atoms with Crippen LogP contribution in [-0.2, 0) is 19.1 Å². The van der Waals surface area contributed by atoms with Gasteiger partial charge in [0.05, 0.1) is 44.9 Å². The Kier molecular flexibility index (Phi) is 6.18. The highest BCUT2D eigenvalue weighted by Gasteiger charge is 2.45. The van der Waals surface area contributed by atoms with E-state index in [0.29, 0.717) is 36.9 Å². The number of hydrogen-bond acceptors (Lipinski definition) is 7. The van der Waals surface area contributed by atoms with Crippen LogP contribution in [0, 0.1) is 5.92 Å². The number of imide groups is 1. The van der Waals surface area contributed by atoms with Gasteiger partial charge in [-0.15, -0.1) is 0 Å². The van der Waals surface area contributed by atoms with Crippen molar-refractivity contribution in [2.75, 3.05) is 38.8 Å². The third-order valence-corrected chi connectivity index (χ3v) is 5.26. The molecule has 2 heterocycles. The third kappa shape index (κ3) is 3.82. The van der Waals surface area contributed by atoms with Crippen LogP contribution in [-0.4, -0.2) is 62.6 Å². The Morgan fingerprint density at radius 1 is 1.21 bits per heavy atom. The van der Waals surface area contributed by atoms with Gasteiger partial charge in [-0.3, -0.25) is 19.3 Å². The molecule has 0 bridgehead atoms. The lowest BCUT2D eigenvalue weighted by Gasteiger charge is -2.34. The SMILES string of the molecule is CCOC(=O)[C@H]1CCCN([C@H]2CC(=O)N(c3ccc(OC)cc3OC)C2=O)C1. The molecule has 0 unspecified atom stereocenters. The van der Waals surface area contributed by atoms with E-state index in [1.807, 2.05) is 4.90 Å². The van der Waals surface area contributed by atoms with Crippen molar-refractivity contribution >= 4 is 23.5 Å².